The van der Waals surface area contributed by atoms with E-state index in [4.69, 9.17) is 26.2 Å². The van der Waals surface area contributed by atoms with Crippen LogP contribution in [0.4, 0.5) is 0 Å². The molecule has 1 aliphatic heterocycles. The van der Waals surface area contributed by atoms with Crippen molar-refractivity contribution in [3.05, 3.63) is 87.6 Å². The van der Waals surface area contributed by atoms with Crippen LogP contribution < -0.4 is 20.5 Å². The minimum absolute atomic E-state index is 0.321. The summed E-state index contributed by atoms with van der Waals surface area (Å²) in [4.78, 5) is 30.8. The van der Waals surface area contributed by atoms with Crippen molar-refractivity contribution in [2.75, 3.05) is 18.6 Å². The number of nitrogens with one attached hydrogen (secondary N) is 1. The Hall–Kier alpha value is -4.37. The van der Waals surface area contributed by atoms with E-state index in [9.17, 15) is 9.59 Å². The van der Waals surface area contributed by atoms with Gasteiger partial charge in [0, 0.05) is 35.0 Å². The Bertz CT molecular complexity index is 1730. The molecule has 37 heavy (non-hydrogen) atoms. The third-order valence-corrected chi connectivity index (χ3v) is 6.54. The molecule has 0 saturated carbocycles. The highest BCUT2D eigenvalue weighted by molar-refractivity contribution is 6.30. The molecule has 0 unspecified atom stereocenters. The fourth-order valence-corrected chi connectivity index (χ4v) is 4.57. The summed E-state index contributed by atoms with van der Waals surface area (Å²) in [5.74, 6) is 0.642. The van der Waals surface area contributed by atoms with Crippen molar-refractivity contribution in [2.24, 2.45) is 0 Å². The number of carbonyl (C=O) groups excluding carboxylic acids is 1. The van der Waals surface area contributed by atoms with Crippen molar-refractivity contribution in [1.82, 2.24) is 19.3 Å². The van der Waals surface area contributed by atoms with Crippen LogP contribution >= 0.6 is 11.6 Å². The van der Waals surface area contributed by atoms with Gasteiger partial charge in [-0.25, -0.2) is 14.2 Å². The summed E-state index contributed by atoms with van der Waals surface area (Å²) < 4.78 is 14.1. The second-order valence-electron chi connectivity index (χ2n) is 8.62. The minimum Gasteiger partial charge on any atom is -0.490 e. The van der Waals surface area contributed by atoms with Gasteiger partial charge in [0.05, 0.1) is 29.8 Å². The van der Waals surface area contributed by atoms with E-state index in [0.717, 1.165) is 27.9 Å². The molecular weight excluding hydrogens is 494 g/mol. The number of ether oxygens (including phenoxy) is 2. The molecule has 0 aliphatic carbocycles. The van der Waals surface area contributed by atoms with E-state index in [2.05, 4.69) is 10.4 Å². The Kier molecular flexibility index (Phi) is 5.77. The first kappa shape index (κ1) is 23.1. The van der Waals surface area contributed by atoms with Gasteiger partial charge >= 0.3 is 0 Å². The Balaban J connectivity index is 1.38. The van der Waals surface area contributed by atoms with Crippen LogP contribution in [0.3, 0.4) is 0 Å². The van der Waals surface area contributed by atoms with Crippen molar-refractivity contribution < 1.29 is 14.3 Å². The Labute approximate surface area is 216 Å². The normalized spacial score (nSPS) is 13.0. The molecule has 0 spiro atoms. The number of hydrogen-bond donors (Lipinski definition) is 1. The van der Waals surface area contributed by atoms with Crippen LogP contribution in [-0.2, 0) is 6.42 Å². The SMILES string of the molecule is CCc1nn2c(ncc3c(=O)n(NC(=O)c4ccc5c(c4)OCCCO5)ccc32)c1-c1ccc(Cl)cc1. The molecule has 3 aromatic heterocycles. The number of halogens is 1. The van der Waals surface area contributed by atoms with E-state index in [1.54, 1.807) is 28.8 Å². The van der Waals surface area contributed by atoms with E-state index < -0.39 is 11.5 Å². The number of benzene rings is 2. The predicted octanol–water partition coefficient (Wildman–Crippen LogP) is 4.47. The number of aromatic nitrogens is 4. The first-order valence-corrected chi connectivity index (χ1v) is 12.3. The lowest BCUT2D eigenvalue weighted by atomic mass is 10.0. The number of carbonyl (C=O) groups is 1. The topological polar surface area (TPSA) is 99.8 Å². The second kappa shape index (κ2) is 9.25. The van der Waals surface area contributed by atoms with E-state index in [-0.39, 0.29) is 0 Å². The average molecular weight is 516 g/mol. The van der Waals surface area contributed by atoms with Gasteiger partial charge in [-0.1, -0.05) is 30.7 Å². The number of fused-ring (bicyclic) bond motifs is 4. The highest BCUT2D eigenvalue weighted by atomic mass is 35.5. The molecule has 0 bridgehead atoms. The van der Waals surface area contributed by atoms with Gasteiger partial charge in [0.25, 0.3) is 11.5 Å². The zero-order valence-electron chi connectivity index (χ0n) is 19.9. The Morgan fingerprint density at radius 2 is 1.86 bits per heavy atom. The molecule has 186 valence electrons. The smallest absolute Gasteiger partial charge is 0.280 e. The molecule has 2 aromatic carbocycles. The maximum Gasteiger partial charge on any atom is 0.280 e. The number of hydrogen-bond acceptors (Lipinski definition) is 6. The summed E-state index contributed by atoms with van der Waals surface area (Å²) >= 11 is 6.07. The number of rotatable bonds is 4. The lowest BCUT2D eigenvalue weighted by Gasteiger charge is -2.12. The van der Waals surface area contributed by atoms with Crippen LogP contribution in [0.15, 0.2) is 65.7 Å². The van der Waals surface area contributed by atoms with Crippen LogP contribution in [0.25, 0.3) is 27.7 Å². The van der Waals surface area contributed by atoms with Crippen molar-refractivity contribution in [1.29, 1.82) is 0 Å². The van der Waals surface area contributed by atoms with E-state index in [0.29, 0.717) is 58.3 Å². The minimum atomic E-state index is -0.455. The van der Waals surface area contributed by atoms with Gasteiger partial charge in [-0.3, -0.25) is 15.0 Å². The average Bonchev–Trinajstić information content (AvgIpc) is 3.13. The zero-order valence-corrected chi connectivity index (χ0v) is 20.7. The lowest BCUT2D eigenvalue weighted by molar-refractivity contribution is 0.101. The van der Waals surface area contributed by atoms with Crippen molar-refractivity contribution in [2.45, 2.75) is 19.8 Å². The predicted molar refractivity (Wildman–Crippen MR) is 140 cm³/mol. The number of amides is 1. The third-order valence-electron chi connectivity index (χ3n) is 6.28. The molecule has 0 saturated heterocycles. The number of pyridine rings is 1. The highest BCUT2D eigenvalue weighted by Gasteiger charge is 2.19. The first-order chi connectivity index (χ1) is 18.0. The van der Waals surface area contributed by atoms with Crippen LogP contribution in [0.5, 0.6) is 11.5 Å². The van der Waals surface area contributed by atoms with Crippen LogP contribution in [0.2, 0.25) is 5.02 Å². The van der Waals surface area contributed by atoms with Crippen molar-refractivity contribution in [3.8, 4) is 22.6 Å². The van der Waals surface area contributed by atoms with Crippen LogP contribution in [0.1, 0.15) is 29.4 Å². The summed E-state index contributed by atoms with van der Waals surface area (Å²) in [6.45, 7) is 3.09. The number of aryl methyl sites for hydroxylation is 1. The number of nitrogens with zero attached hydrogens (tertiary/aromatic N) is 4. The quantitative estimate of drug-likeness (QED) is 0.379. The molecule has 1 amide bonds. The summed E-state index contributed by atoms with van der Waals surface area (Å²) in [6.07, 6.45) is 4.48. The standard InChI is InChI=1S/C27H22ClN5O4/c1-2-20-24(16-4-7-18(28)8-5-16)25-29-15-19-21(33(25)30-20)10-11-32(27(19)35)31-26(34)17-6-9-22-23(14-17)37-13-3-12-36-22/h4-11,14-15H,2-3,12-13H2,1H3,(H,31,34). The third kappa shape index (κ3) is 4.07. The summed E-state index contributed by atoms with van der Waals surface area (Å²) in [5.41, 5.74) is 6.49. The summed E-state index contributed by atoms with van der Waals surface area (Å²) in [6, 6.07) is 14.2. The van der Waals surface area contributed by atoms with Gasteiger partial charge in [0.15, 0.2) is 17.1 Å². The maximum absolute atomic E-state index is 13.3. The van der Waals surface area contributed by atoms with Crippen LogP contribution in [-0.4, -0.2) is 38.4 Å². The molecule has 0 atom stereocenters. The van der Waals surface area contributed by atoms with Gasteiger partial charge in [0.1, 0.15) is 0 Å². The highest BCUT2D eigenvalue weighted by Crippen LogP contribution is 2.31. The molecule has 4 heterocycles. The van der Waals surface area contributed by atoms with Gasteiger partial charge in [-0.05, 0) is 48.4 Å². The zero-order chi connectivity index (χ0) is 25.5. The molecular formula is C27H22ClN5O4. The van der Waals surface area contributed by atoms with Gasteiger partial charge < -0.3 is 9.47 Å². The molecule has 1 aliphatic rings. The molecule has 9 nitrogen and oxygen atoms in total. The van der Waals surface area contributed by atoms with Gasteiger partial charge in [-0.15, -0.1) is 0 Å². The molecule has 0 radical (unpaired) electrons. The van der Waals surface area contributed by atoms with Crippen molar-refractivity contribution >= 4 is 34.1 Å². The molecule has 6 rings (SSSR count). The monoisotopic (exact) mass is 515 g/mol. The van der Waals surface area contributed by atoms with Gasteiger partial charge in [-0.2, -0.15) is 5.10 Å². The van der Waals surface area contributed by atoms with Crippen molar-refractivity contribution in [3.63, 3.8) is 0 Å². The summed E-state index contributed by atoms with van der Waals surface area (Å²) in [5, 5.41) is 5.71. The molecule has 0 fully saturated rings. The lowest BCUT2D eigenvalue weighted by Crippen LogP contribution is -2.33. The van der Waals surface area contributed by atoms with E-state index in [1.807, 2.05) is 31.2 Å². The molecule has 1 N–H and O–H groups in total. The first-order valence-electron chi connectivity index (χ1n) is 11.9. The largest absolute Gasteiger partial charge is 0.490 e. The Morgan fingerprint density at radius 1 is 1.08 bits per heavy atom. The van der Waals surface area contributed by atoms with E-state index >= 15 is 0 Å². The fourth-order valence-electron chi connectivity index (χ4n) is 4.44. The van der Waals surface area contributed by atoms with Gasteiger partial charge in [0.2, 0.25) is 0 Å². The van der Waals surface area contributed by atoms with Crippen LogP contribution in [0, 0.1) is 0 Å². The summed E-state index contributed by atoms with van der Waals surface area (Å²) in [7, 11) is 0. The molecule has 10 heteroatoms. The van der Waals surface area contributed by atoms with E-state index in [1.165, 1.54) is 12.4 Å². The fraction of sp³-hybridized carbons (Fsp3) is 0.185. The maximum atomic E-state index is 13.3. The molecule has 5 aromatic rings. The second-order valence-corrected chi connectivity index (χ2v) is 9.05. The Morgan fingerprint density at radius 3 is 2.65 bits per heavy atom.